The highest BCUT2D eigenvalue weighted by Gasteiger charge is 2.25. The van der Waals surface area contributed by atoms with Crippen LogP contribution in [0.25, 0.3) is 0 Å². The normalized spacial score (nSPS) is 20.6. The first-order chi connectivity index (χ1) is 8.59. The van der Waals surface area contributed by atoms with Crippen molar-refractivity contribution >= 4 is 21.8 Å². The van der Waals surface area contributed by atoms with Crippen molar-refractivity contribution in [3.05, 3.63) is 34.1 Å². The van der Waals surface area contributed by atoms with E-state index < -0.39 is 5.82 Å². The predicted molar refractivity (Wildman–Crippen MR) is 73.1 cm³/mol. The van der Waals surface area contributed by atoms with Gasteiger partial charge in [0.2, 0.25) is 0 Å². The summed E-state index contributed by atoms with van der Waals surface area (Å²) in [6.45, 7) is 2.77. The molecule has 1 heterocycles. The Labute approximate surface area is 115 Å². The highest BCUT2D eigenvalue weighted by atomic mass is 79.9. The van der Waals surface area contributed by atoms with Gasteiger partial charge in [0.1, 0.15) is 5.82 Å². The lowest BCUT2D eigenvalue weighted by Crippen LogP contribution is -2.38. The molecular formula is C14H17BrFNO. The van der Waals surface area contributed by atoms with E-state index in [9.17, 15) is 9.18 Å². The van der Waals surface area contributed by atoms with E-state index in [-0.39, 0.29) is 17.5 Å². The zero-order valence-electron chi connectivity index (χ0n) is 10.5. The summed E-state index contributed by atoms with van der Waals surface area (Å²) in [6, 6.07) is 4.70. The average Bonchev–Trinajstić information content (AvgIpc) is 2.56. The quantitative estimate of drug-likeness (QED) is 0.767. The zero-order chi connectivity index (χ0) is 13.1. The Hall–Kier alpha value is -0.900. The van der Waals surface area contributed by atoms with E-state index >= 15 is 0 Å². The fraction of sp³-hybridized carbons (Fsp3) is 0.500. The molecule has 1 atom stereocenters. The van der Waals surface area contributed by atoms with Crippen LogP contribution in [0.3, 0.4) is 0 Å². The van der Waals surface area contributed by atoms with Gasteiger partial charge in [-0.1, -0.05) is 28.8 Å². The number of likely N-dealkylation sites (tertiary alicyclic amines) is 1. The SMILES string of the molecule is CC1CCCCCN1C(=O)c1cc(Br)ccc1F. The maximum atomic E-state index is 13.7. The molecule has 0 radical (unpaired) electrons. The Kier molecular flexibility index (Phi) is 4.38. The monoisotopic (exact) mass is 313 g/mol. The first-order valence-corrected chi connectivity index (χ1v) is 7.15. The summed E-state index contributed by atoms with van der Waals surface area (Å²) >= 11 is 3.28. The molecule has 18 heavy (non-hydrogen) atoms. The van der Waals surface area contributed by atoms with Crippen LogP contribution in [0.1, 0.15) is 43.0 Å². The number of rotatable bonds is 1. The maximum absolute atomic E-state index is 13.7. The van der Waals surface area contributed by atoms with E-state index in [0.29, 0.717) is 0 Å². The Bertz CT molecular complexity index is 449. The molecule has 0 aromatic heterocycles. The minimum atomic E-state index is -0.445. The van der Waals surface area contributed by atoms with Gasteiger partial charge in [0.25, 0.3) is 5.91 Å². The molecular weight excluding hydrogens is 297 g/mol. The van der Waals surface area contributed by atoms with E-state index in [1.165, 1.54) is 6.07 Å². The molecule has 1 amide bonds. The molecule has 0 bridgehead atoms. The lowest BCUT2D eigenvalue weighted by molar-refractivity contribution is 0.0693. The third-order valence-electron chi connectivity index (χ3n) is 3.47. The molecule has 1 aliphatic heterocycles. The van der Waals surface area contributed by atoms with E-state index in [0.717, 1.165) is 36.7 Å². The third-order valence-corrected chi connectivity index (χ3v) is 3.97. The first kappa shape index (κ1) is 13.5. The summed E-state index contributed by atoms with van der Waals surface area (Å²) in [4.78, 5) is 14.2. The molecule has 0 spiro atoms. The van der Waals surface area contributed by atoms with Gasteiger partial charge in [-0.2, -0.15) is 0 Å². The van der Waals surface area contributed by atoms with Crippen LogP contribution in [-0.2, 0) is 0 Å². The molecule has 0 aliphatic carbocycles. The Morgan fingerprint density at radius 2 is 2.17 bits per heavy atom. The van der Waals surface area contributed by atoms with Gasteiger partial charge in [-0.3, -0.25) is 4.79 Å². The van der Waals surface area contributed by atoms with Crippen LogP contribution in [0.5, 0.6) is 0 Å². The molecule has 1 unspecified atom stereocenters. The van der Waals surface area contributed by atoms with Crippen molar-refractivity contribution in [2.24, 2.45) is 0 Å². The van der Waals surface area contributed by atoms with E-state index in [1.54, 1.807) is 17.0 Å². The number of halogens is 2. The van der Waals surface area contributed by atoms with Gasteiger partial charge in [-0.15, -0.1) is 0 Å². The smallest absolute Gasteiger partial charge is 0.257 e. The largest absolute Gasteiger partial charge is 0.336 e. The summed E-state index contributed by atoms with van der Waals surface area (Å²) in [6.07, 6.45) is 4.30. The zero-order valence-corrected chi connectivity index (χ0v) is 12.0. The topological polar surface area (TPSA) is 20.3 Å². The van der Waals surface area contributed by atoms with Crippen molar-refractivity contribution in [1.82, 2.24) is 4.90 Å². The van der Waals surface area contributed by atoms with Crippen LogP contribution in [0.4, 0.5) is 4.39 Å². The molecule has 1 aromatic rings. The number of nitrogens with zero attached hydrogens (tertiary/aromatic N) is 1. The van der Waals surface area contributed by atoms with E-state index in [1.807, 2.05) is 6.92 Å². The molecule has 2 rings (SSSR count). The van der Waals surface area contributed by atoms with Crippen LogP contribution in [0, 0.1) is 5.82 Å². The second kappa shape index (κ2) is 5.83. The summed E-state index contributed by atoms with van der Waals surface area (Å²) in [7, 11) is 0. The van der Waals surface area contributed by atoms with Crippen LogP contribution in [-0.4, -0.2) is 23.4 Å². The van der Waals surface area contributed by atoms with Gasteiger partial charge in [-0.25, -0.2) is 4.39 Å². The molecule has 1 aromatic carbocycles. The average molecular weight is 314 g/mol. The molecule has 1 fully saturated rings. The highest BCUT2D eigenvalue weighted by Crippen LogP contribution is 2.22. The fourth-order valence-corrected chi connectivity index (χ4v) is 2.75. The summed E-state index contributed by atoms with van der Waals surface area (Å²) in [5, 5.41) is 0. The standard InChI is InChI=1S/C14H17BrFNO/c1-10-5-3-2-4-8-17(10)14(18)12-9-11(15)6-7-13(12)16/h6-7,9-10H,2-5,8H2,1H3. The van der Waals surface area contributed by atoms with Gasteiger partial charge >= 0.3 is 0 Å². The van der Waals surface area contributed by atoms with E-state index in [2.05, 4.69) is 15.9 Å². The van der Waals surface area contributed by atoms with Gasteiger partial charge in [0.15, 0.2) is 0 Å². The molecule has 4 heteroatoms. The number of hydrogen-bond acceptors (Lipinski definition) is 1. The summed E-state index contributed by atoms with van der Waals surface area (Å²) in [5.74, 6) is -0.636. The number of carbonyl (C=O) groups excluding carboxylic acids is 1. The maximum Gasteiger partial charge on any atom is 0.257 e. The number of amides is 1. The predicted octanol–water partition coefficient (Wildman–Crippen LogP) is 3.99. The minimum absolute atomic E-state index is 0.165. The summed E-state index contributed by atoms with van der Waals surface area (Å²) in [5.41, 5.74) is 0.165. The third kappa shape index (κ3) is 2.91. The Balaban J connectivity index is 2.26. The molecule has 0 saturated carbocycles. The lowest BCUT2D eigenvalue weighted by Gasteiger charge is -2.27. The molecule has 0 N–H and O–H groups in total. The van der Waals surface area contributed by atoms with Crippen molar-refractivity contribution in [3.8, 4) is 0 Å². The van der Waals surface area contributed by atoms with Crippen molar-refractivity contribution in [2.75, 3.05) is 6.54 Å². The Morgan fingerprint density at radius 3 is 2.94 bits per heavy atom. The molecule has 1 aliphatic rings. The van der Waals surface area contributed by atoms with Gasteiger partial charge < -0.3 is 4.90 Å². The van der Waals surface area contributed by atoms with Crippen molar-refractivity contribution < 1.29 is 9.18 Å². The van der Waals surface area contributed by atoms with Crippen LogP contribution >= 0.6 is 15.9 Å². The summed E-state index contributed by atoms with van der Waals surface area (Å²) < 4.78 is 14.5. The van der Waals surface area contributed by atoms with Crippen molar-refractivity contribution in [2.45, 2.75) is 38.6 Å². The highest BCUT2D eigenvalue weighted by molar-refractivity contribution is 9.10. The first-order valence-electron chi connectivity index (χ1n) is 6.35. The van der Waals surface area contributed by atoms with Crippen molar-refractivity contribution in [1.29, 1.82) is 0 Å². The molecule has 98 valence electrons. The number of benzene rings is 1. The van der Waals surface area contributed by atoms with Crippen molar-refractivity contribution in [3.63, 3.8) is 0 Å². The lowest BCUT2D eigenvalue weighted by atomic mass is 10.1. The Morgan fingerprint density at radius 1 is 1.39 bits per heavy atom. The van der Waals surface area contributed by atoms with Crippen LogP contribution < -0.4 is 0 Å². The fourth-order valence-electron chi connectivity index (χ4n) is 2.39. The molecule has 1 saturated heterocycles. The second-order valence-electron chi connectivity index (χ2n) is 4.82. The second-order valence-corrected chi connectivity index (χ2v) is 5.74. The van der Waals surface area contributed by atoms with Crippen LogP contribution in [0.2, 0.25) is 0 Å². The van der Waals surface area contributed by atoms with E-state index in [4.69, 9.17) is 0 Å². The van der Waals surface area contributed by atoms with Gasteiger partial charge in [-0.05, 0) is 38.0 Å². The van der Waals surface area contributed by atoms with Gasteiger partial charge in [0, 0.05) is 17.1 Å². The van der Waals surface area contributed by atoms with Gasteiger partial charge in [0.05, 0.1) is 5.56 Å². The van der Waals surface area contributed by atoms with Crippen LogP contribution in [0.15, 0.2) is 22.7 Å². The number of hydrogen-bond donors (Lipinski definition) is 0. The molecule has 2 nitrogen and oxygen atoms in total. The minimum Gasteiger partial charge on any atom is -0.336 e. The number of carbonyl (C=O) groups is 1.